The van der Waals surface area contributed by atoms with Crippen LogP contribution in [-0.2, 0) is 15.6 Å². The van der Waals surface area contributed by atoms with E-state index in [0.717, 1.165) is 0 Å². The van der Waals surface area contributed by atoms with Crippen molar-refractivity contribution in [1.82, 2.24) is 4.90 Å². The number of carbonyl (C=O) groups excluding carboxylic acids is 1. The first-order valence-electron chi connectivity index (χ1n) is 8.39. The zero-order chi connectivity index (χ0) is 18.7. The number of benzene rings is 2. The second-order valence-corrected chi connectivity index (χ2v) is 8.37. The zero-order valence-electron chi connectivity index (χ0n) is 14.2. The van der Waals surface area contributed by atoms with Crippen LogP contribution in [-0.4, -0.2) is 54.7 Å². The first-order chi connectivity index (χ1) is 12.4. The van der Waals surface area contributed by atoms with Crippen molar-refractivity contribution >= 4 is 15.7 Å². The van der Waals surface area contributed by atoms with Gasteiger partial charge in [0, 0.05) is 13.1 Å². The number of aliphatic hydroxyl groups is 2. The lowest BCUT2D eigenvalue weighted by Crippen LogP contribution is -2.49. The van der Waals surface area contributed by atoms with Gasteiger partial charge in [0.05, 0.1) is 28.4 Å². The van der Waals surface area contributed by atoms with Gasteiger partial charge >= 0.3 is 0 Å². The Hall–Kier alpha value is -2.22. The van der Waals surface area contributed by atoms with E-state index < -0.39 is 28.0 Å². The highest BCUT2D eigenvalue weighted by Gasteiger charge is 2.31. The van der Waals surface area contributed by atoms with Crippen molar-refractivity contribution in [1.29, 1.82) is 0 Å². The lowest BCUT2D eigenvalue weighted by molar-refractivity contribution is -0.0322. The molecule has 7 heteroatoms. The Bertz CT molecular complexity index is 882. The molecular weight excluding hydrogens is 354 g/mol. The van der Waals surface area contributed by atoms with Crippen LogP contribution >= 0.6 is 0 Å². The summed E-state index contributed by atoms with van der Waals surface area (Å²) in [5.74, 6) is -0.650. The molecule has 0 unspecified atom stereocenters. The quantitative estimate of drug-likeness (QED) is 0.838. The number of hydrogen-bond donors (Lipinski definition) is 2. The number of carbonyl (C=O) groups is 1. The van der Waals surface area contributed by atoms with E-state index in [2.05, 4.69) is 0 Å². The maximum Gasteiger partial charge on any atom is 0.255 e. The molecule has 0 saturated carbocycles. The van der Waals surface area contributed by atoms with Gasteiger partial charge in [0.25, 0.3) is 5.91 Å². The van der Waals surface area contributed by atoms with Crippen molar-refractivity contribution in [3.63, 3.8) is 0 Å². The number of β-amino-alcohol motifs (C(OH)–C–C–N with tert-alkyl or cyclic N) is 1. The monoisotopic (exact) mass is 375 g/mol. The summed E-state index contributed by atoms with van der Waals surface area (Å²) >= 11 is 0. The van der Waals surface area contributed by atoms with Gasteiger partial charge in [0.1, 0.15) is 0 Å². The van der Waals surface area contributed by atoms with E-state index in [1.807, 2.05) is 6.07 Å². The van der Waals surface area contributed by atoms with Crippen LogP contribution in [0, 0.1) is 0 Å². The van der Waals surface area contributed by atoms with Crippen molar-refractivity contribution in [2.24, 2.45) is 0 Å². The van der Waals surface area contributed by atoms with Crippen LogP contribution in [0.5, 0.6) is 0 Å². The molecule has 0 radical (unpaired) electrons. The molecule has 1 fully saturated rings. The van der Waals surface area contributed by atoms with E-state index in [4.69, 9.17) is 0 Å². The second kappa shape index (κ2) is 7.57. The molecule has 2 aromatic carbocycles. The Morgan fingerprint density at radius 1 is 1.00 bits per heavy atom. The number of amides is 1. The van der Waals surface area contributed by atoms with Crippen molar-refractivity contribution < 1.29 is 23.4 Å². The number of piperidine rings is 1. The molecule has 26 heavy (non-hydrogen) atoms. The molecule has 3 rings (SSSR count). The fourth-order valence-corrected chi connectivity index (χ4v) is 4.62. The van der Waals surface area contributed by atoms with Gasteiger partial charge in [-0.05, 0) is 24.1 Å². The molecule has 2 atom stereocenters. The van der Waals surface area contributed by atoms with Crippen molar-refractivity contribution in [2.45, 2.75) is 29.3 Å². The zero-order valence-corrected chi connectivity index (χ0v) is 15.0. The van der Waals surface area contributed by atoms with E-state index in [0.29, 0.717) is 5.56 Å². The Morgan fingerprint density at radius 2 is 1.65 bits per heavy atom. The summed E-state index contributed by atoms with van der Waals surface area (Å²) in [6.45, 7) is 0.247. The highest BCUT2D eigenvalue weighted by Crippen LogP contribution is 2.23. The van der Waals surface area contributed by atoms with Gasteiger partial charge in [-0.15, -0.1) is 0 Å². The third-order valence-corrected chi connectivity index (χ3v) is 6.23. The van der Waals surface area contributed by atoms with Crippen LogP contribution < -0.4 is 0 Å². The Labute approximate surface area is 152 Å². The van der Waals surface area contributed by atoms with Crippen LogP contribution in [0.15, 0.2) is 59.5 Å². The summed E-state index contributed by atoms with van der Waals surface area (Å²) in [5, 5.41) is 19.4. The van der Waals surface area contributed by atoms with Crippen LogP contribution in [0.4, 0.5) is 0 Å². The van der Waals surface area contributed by atoms with Crippen LogP contribution in [0.2, 0.25) is 0 Å². The van der Waals surface area contributed by atoms with Gasteiger partial charge in [-0.1, -0.05) is 42.5 Å². The predicted molar refractivity (Wildman–Crippen MR) is 96.3 cm³/mol. The maximum absolute atomic E-state index is 12.9. The van der Waals surface area contributed by atoms with Gasteiger partial charge in [-0.3, -0.25) is 4.79 Å². The molecule has 0 aliphatic carbocycles. The Kier molecular flexibility index (Phi) is 5.41. The number of sulfone groups is 1. The van der Waals surface area contributed by atoms with Crippen LogP contribution in [0.1, 0.15) is 22.3 Å². The Morgan fingerprint density at radius 3 is 2.35 bits per heavy atom. The molecule has 1 heterocycles. The van der Waals surface area contributed by atoms with Crippen LogP contribution in [0.3, 0.4) is 0 Å². The molecule has 1 aliphatic rings. The number of rotatable bonds is 4. The molecule has 1 aliphatic heterocycles. The van der Waals surface area contributed by atoms with Gasteiger partial charge in [-0.2, -0.15) is 0 Å². The van der Waals surface area contributed by atoms with Gasteiger partial charge in [0.15, 0.2) is 9.84 Å². The average molecular weight is 375 g/mol. The second-order valence-electron chi connectivity index (χ2n) is 6.42. The molecule has 1 amide bonds. The molecule has 0 bridgehead atoms. The van der Waals surface area contributed by atoms with E-state index in [1.165, 1.54) is 17.0 Å². The van der Waals surface area contributed by atoms with Crippen molar-refractivity contribution in [2.75, 3.05) is 13.1 Å². The van der Waals surface area contributed by atoms with Crippen molar-refractivity contribution in [3.8, 4) is 0 Å². The summed E-state index contributed by atoms with van der Waals surface area (Å²) in [7, 11) is -3.71. The number of aliphatic hydroxyl groups excluding tert-OH is 2. The summed E-state index contributed by atoms with van der Waals surface area (Å²) in [6.07, 6.45) is -1.64. The average Bonchev–Trinajstić information content (AvgIpc) is 2.64. The molecular formula is C19H21NO5S. The highest BCUT2D eigenvalue weighted by molar-refractivity contribution is 7.90. The fraction of sp³-hybridized carbons (Fsp3) is 0.316. The van der Waals surface area contributed by atoms with Crippen molar-refractivity contribution in [3.05, 3.63) is 65.7 Å². The highest BCUT2D eigenvalue weighted by atomic mass is 32.2. The number of likely N-dealkylation sites (tertiary alicyclic amines) is 1. The third kappa shape index (κ3) is 3.95. The van der Waals surface area contributed by atoms with E-state index in [9.17, 15) is 23.4 Å². The van der Waals surface area contributed by atoms with Gasteiger partial charge in [-0.25, -0.2) is 8.42 Å². The van der Waals surface area contributed by atoms with E-state index in [1.54, 1.807) is 36.4 Å². The van der Waals surface area contributed by atoms with Gasteiger partial charge in [0.2, 0.25) is 0 Å². The number of nitrogens with zero attached hydrogens (tertiary/aromatic N) is 1. The summed E-state index contributed by atoms with van der Waals surface area (Å²) in [5.41, 5.74) is 0.735. The first-order valence-corrected chi connectivity index (χ1v) is 10.0. The molecule has 0 spiro atoms. The van der Waals surface area contributed by atoms with E-state index >= 15 is 0 Å². The van der Waals surface area contributed by atoms with Gasteiger partial charge < -0.3 is 15.1 Å². The molecule has 6 nitrogen and oxygen atoms in total. The smallest absolute Gasteiger partial charge is 0.255 e. The minimum Gasteiger partial charge on any atom is -0.390 e. The third-order valence-electron chi connectivity index (χ3n) is 4.49. The molecule has 0 aromatic heterocycles. The fourth-order valence-electron chi connectivity index (χ4n) is 3.06. The normalized spacial score (nSPS) is 20.8. The predicted octanol–water partition coefficient (Wildman–Crippen LogP) is 1.23. The molecule has 138 valence electrons. The summed E-state index contributed by atoms with van der Waals surface area (Å²) < 4.78 is 25.7. The molecule has 2 aromatic rings. The minimum absolute atomic E-state index is 0.0190. The lowest BCUT2D eigenvalue weighted by atomic mass is 10.0. The minimum atomic E-state index is -3.71. The molecule has 1 saturated heterocycles. The lowest BCUT2D eigenvalue weighted by Gasteiger charge is -2.33. The van der Waals surface area contributed by atoms with Crippen LogP contribution in [0.25, 0.3) is 0 Å². The SMILES string of the molecule is O=C(c1ccccc1S(=O)(=O)Cc1ccccc1)N1CC[C@H](O)[C@@H](O)C1. The Balaban J connectivity index is 1.89. The topological polar surface area (TPSA) is 94.9 Å². The van der Waals surface area contributed by atoms with E-state index in [-0.39, 0.29) is 35.7 Å². The first kappa shape index (κ1) is 18.6. The summed E-state index contributed by atoms with van der Waals surface area (Å²) in [6, 6.07) is 14.9. The number of hydrogen-bond acceptors (Lipinski definition) is 5. The summed E-state index contributed by atoms with van der Waals surface area (Å²) in [4.78, 5) is 14.2. The maximum atomic E-state index is 12.9. The standard InChI is InChI=1S/C19H21NO5S/c21-16-10-11-20(12-17(16)22)19(23)15-8-4-5-9-18(15)26(24,25)13-14-6-2-1-3-7-14/h1-9,16-17,21-22H,10-13H2/t16-,17-/m0/s1. The largest absolute Gasteiger partial charge is 0.390 e. The molecule has 2 N–H and O–H groups in total.